The van der Waals surface area contributed by atoms with Crippen LogP contribution in [0.5, 0.6) is 0 Å². The van der Waals surface area contributed by atoms with E-state index < -0.39 is 42.4 Å². The monoisotopic (exact) mass is 824 g/mol. The third-order valence-electron chi connectivity index (χ3n) is 12.6. The Morgan fingerprint density at radius 3 is 2.31 bits per heavy atom. The quantitative estimate of drug-likeness (QED) is 0.177. The number of hydrogen-bond donors (Lipinski definition) is 2. The van der Waals surface area contributed by atoms with Gasteiger partial charge in [0.15, 0.2) is 0 Å². The number of carbonyl (C=O) groups is 5. The fourth-order valence-corrected chi connectivity index (χ4v) is 9.93. The third kappa shape index (κ3) is 10.7. The van der Waals surface area contributed by atoms with Crippen LogP contribution in [0.1, 0.15) is 96.2 Å². The van der Waals surface area contributed by atoms with E-state index in [1.807, 2.05) is 70.3 Å². The summed E-state index contributed by atoms with van der Waals surface area (Å²) in [6, 6.07) is 7.89. The number of ether oxygens (including phenoxy) is 3. The molecule has 2 unspecified atom stereocenters. The first kappa shape index (κ1) is 45.0. The number of nitrogens with one attached hydrogen (secondary N) is 2. The lowest BCUT2D eigenvalue weighted by Gasteiger charge is -2.40. The minimum atomic E-state index is -0.985. The summed E-state index contributed by atoms with van der Waals surface area (Å²) in [6.45, 7) is 10.6. The van der Waals surface area contributed by atoms with Crippen molar-refractivity contribution in [1.82, 2.24) is 30.3 Å². The van der Waals surface area contributed by atoms with Gasteiger partial charge in [-0.1, -0.05) is 71.4 Å². The second-order valence-electron chi connectivity index (χ2n) is 16.7. The minimum Gasteiger partial charge on any atom is -0.379 e. The van der Waals surface area contributed by atoms with Crippen LogP contribution in [0.4, 0.5) is 9.59 Å². The van der Waals surface area contributed by atoms with Crippen molar-refractivity contribution >= 4 is 41.2 Å². The molecule has 1 aromatic heterocycles. The number of hydrogen-bond acceptors (Lipinski definition) is 10. The zero-order chi connectivity index (χ0) is 42.1. The highest BCUT2D eigenvalue weighted by molar-refractivity contribution is 7.09. The standard InChI is InChI=1S/C43H64N6O8S/c1-9-27(4)37(47(6)41(52)36(26(2)3)46-42(53)57-43(54)49-25-30-17-18-31(49)22-30)34(55-7)24-35(50)48-20-13-16-33(48)38(56-8)28(5)39(51)45-32(40-44-19-21-58-40)23-29-14-11-10-12-15-29/h10-12,14-15,19,21,26-28,30-34,36-38H,9,13,16-18,20,22-25H2,1-8H3,(H,45,51)(H,46,53)/t27-,28+,30?,31?,32-,33-,34+,36-,37-,38+/m0/s1. The van der Waals surface area contributed by atoms with E-state index in [1.54, 1.807) is 35.1 Å². The minimum absolute atomic E-state index is 0.00581. The number of piperidine rings is 1. The molecule has 58 heavy (non-hydrogen) atoms. The maximum Gasteiger partial charge on any atom is 0.419 e. The van der Waals surface area contributed by atoms with Crippen LogP contribution in [0.3, 0.4) is 0 Å². The molecule has 1 aromatic carbocycles. The molecule has 10 atom stereocenters. The van der Waals surface area contributed by atoms with Crippen molar-refractivity contribution < 1.29 is 38.2 Å². The first-order chi connectivity index (χ1) is 27.8. The van der Waals surface area contributed by atoms with Crippen LogP contribution in [0.15, 0.2) is 41.9 Å². The van der Waals surface area contributed by atoms with Crippen molar-refractivity contribution in [3.8, 4) is 0 Å². The first-order valence-corrected chi connectivity index (χ1v) is 21.8. The summed E-state index contributed by atoms with van der Waals surface area (Å²) in [4.78, 5) is 77.8. The fraction of sp³-hybridized carbons (Fsp3) is 0.674. The fourth-order valence-electron chi connectivity index (χ4n) is 9.24. The van der Waals surface area contributed by atoms with Crippen LogP contribution in [0, 0.1) is 23.7 Å². The van der Waals surface area contributed by atoms with Gasteiger partial charge in [-0.3, -0.25) is 14.4 Å². The van der Waals surface area contributed by atoms with Gasteiger partial charge in [0.2, 0.25) is 17.7 Å². The largest absolute Gasteiger partial charge is 0.419 e. The van der Waals surface area contributed by atoms with E-state index in [9.17, 15) is 24.0 Å². The van der Waals surface area contributed by atoms with Crippen molar-refractivity contribution in [2.45, 2.75) is 128 Å². The third-order valence-corrected chi connectivity index (χ3v) is 13.5. The van der Waals surface area contributed by atoms with Gasteiger partial charge in [0.25, 0.3) is 0 Å². The Morgan fingerprint density at radius 1 is 0.983 bits per heavy atom. The summed E-state index contributed by atoms with van der Waals surface area (Å²) >= 11 is 1.49. The molecule has 2 saturated heterocycles. The number of amides is 5. The smallest absolute Gasteiger partial charge is 0.379 e. The van der Waals surface area contributed by atoms with E-state index in [-0.39, 0.29) is 54.1 Å². The number of fused-ring (bicyclic) bond motifs is 2. The molecule has 15 heteroatoms. The molecule has 3 fully saturated rings. The Hall–Kier alpha value is -4.08. The second-order valence-corrected chi connectivity index (χ2v) is 17.6. The molecular weight excluding hydrogens is 761 g/mol. The van der Waals surface area contributed by atoms with Crippen molar-refractivity contribution in [2.75, 3.05) is 34.4 Å². The number of carbonyl (C=O) groups excluding carboxylic acids is 5. The predicted molar refractivity (Wildman–Crippen MR) is 221 cm³/mol. The van der Waals surface area contributed by atoms with E-state index in [2.05, 4.69) is 15.6 Å². The molecule has 1 saturated carbocycles. The van der Waals surface area contributed by atoms with Crippen LogP contribution in [0.25, 0.3) is 0 Å². The lowest BCUT2D eigenvalue weighted by molar-refractivity contribution is -0.147. The second kappa shape index (κ2) is 20.7. The Labute approximate surface area is 347 Å². The number of aromatic nitrogens is 1. The van der Waals surface area contributed by atoms with E-state index >= 15 is 0 Å². The molecule has 2 aromatic rings. The van der Waals surface area contributed by atoms with Gasteiger partial charge < -0.3 is 39.5 Å². The van der Waals surface area contributed by atoms with Gasteiger partial charge in [-0.15, -0.1) is 11.3 Å². The van der Waals surface area contributed by atoms with E-state index in [0.717, 1.165) is 36.3 Å². The number of methoxy groups -OCH3 is 2. The van der Waals surface area contributed by atoms with Crippen molar-refractivity contribution in [2.24, 2.45) is 23.7 Å². The maximum atomic E-state index is 14.3. The molecule has 2 N–H and O–H groups in total. The van der Waals surface area contributed by atoms with Gasteiger partial charge in [0, 0.05) is 52.0 Å². The highest BCUT2D eigenvalue weighted by Crippen LogP contribution is 2.37. The van der Waals surface area contributed by atoms with Gasteiger partial charge in [-0.25, -0.2) is 14.6 Å². The van der Waals surface area contributed by atoms with Crippen LogP contribution in [-0.4, -0.2) is 120 Å². The van der Waals surface area contributed by atoms with Crippen molar-refractivity contribution in [3.05, 3.63) is 52.5 Å². The van der Waals surface area contributed by atoms with Crippen LogP contribution in [-0.2, 0) is 35.0 Å². The molecule has 14 nitrogen and oxygen atoms in total. The number of nitrogens with zero attached hydrogens (tertiary/aromatic N) is 4. The number of thiazole rings is 1. The molecule has 3 heterocycles. The van der Waals surface area contributed by atoms with Gasteiger partial charge in [0.1, 0.15) is 11.0 Å². The van der Waals surface area contributed by atoms with Gasteiger partial charge in [-0.2, -0.15) is 0 Å². The highest BCUT2D eigenvalue weighted by Gasteiger charge is 2.44. The molecular formula is C43H64N6O8S. The Balaban J connectivity index is 1.24. The number of likely N-dealkylation sites (N-methyl/N-ethyl adjacent to an activating group) is 1. The number of likely N-dealkylation sites (tertiary alicyclic amines) is 2. The first-order valence-electron chi connectivity index (χ1n) is 20.9. The predicted octanol–water partition coefficient (Wildman–Crippen LogP) is 5.82. The molecule has 2 aliphatic heterocycles. The molecule has 0 spiro atoms. The zero-order valence-corrected chi connectivity index (χ0v) is 36.2. The van der Waals surface area contributed by atoms with E-state index in [1.165, 1.54) is 18.4 Å². The summed E-state index contributed by atoms with van der Waals surface area (Å²) in [5.41, 5.74) is 1.08. The highest BCUT2D eigenvalue weighted by atomic mass is 32.1. The maximum absolute atomic E-state index is 14.3. The van der Waals surface area contributed by atoms with Gasteiger partial charge in [0.05, 0.1) is 42.7 Å². The summed E-state index contributed by atoms with van der Waals surface area (Å²) in [5.74, 6) is -1.25. The topological polar surface area (TPSA) is 160 Å². The zero-order valence-electron chi connectivity index (χ0n) is 35.4. The van der Waals surface area contributed by atoms with Gasteiger partial charge >= 0.3 is 12.2 Å². The molecule has 2 bridgehead atoms. The van der Waals surface area contributed by atoms with Crippen molar-refractivity contribution in [1.29, 1.82) is 0 Å². The summed E-state index contributed by atoms with van der Waals surface area (Å²) in [6.07, 6.45) is 4.47. The Bertz CT molecular complexity index is 1680. The van der Waals surface area contributed by atoms with Crippen LogP contribution >= 0.6 is 11.3 Å². The van der Waals surface area contributed by atoms with E-state index in [0.29, 0.717) is 38.3 Å². The molecule has 0 radical (unpaired) electrons. The average molecular weight is 825 g/mol. The molecule has 5 amide bonds. The lowest BCUT2D eigenvalue weighted by atomic mass is 9.89. The molecule has 320 valence electrons. The Kier molecular flexibility index (Phi) is 16.1. The summed E-state index contributed by atoms with van der Waals surface area (Å²) in [7, 11) is 4.79. The molecule has 1 aliphatic carbocycles. The average Bonchev–Trinajstić information content (AvgIpc) is 4.06. The Morgan fingerprint density at radius 2 is 1.72 bits per heavy atom. The van der Waals surface area contributed by atoms with Gasteiger partial charge in [-0.05, 0) is 61.8 Å². The van der Waals surface area contributed by atoms with E-state index in [4.69, 9.17) is 14.2 Å². The van der Waals surface area contributed by atoms with Crippen LogP contribution < -0.4 is 10.6 Å². The number of alkyl carbamates (subject to hydrolysis) is 1. The lowest BCUT2D eigenvalue weighted by Crippen LogP contribution is -2.58. The SMILES string of the molecule is CC[C@H](C)[C@@H]([C@@H](CC(=O)N1CCC[C@H]1[C@H](OC)[C@@H](C)C(=O)N[C@@H](Cc1ccccc1)c1nccs1)OC)N(C)C(=O)[C@@H](NC(=O)OC(=O)N1CC2CCC1C2)C(C)C. The number of benzene rings is 1. The molecule has 3 aliphatic rings. The summed E-state index contributed by atoms with van der Waals surface area (Å²) < 4.78 is 17.2. The number of rotatable bonds is 18. The normalized spacial score (nSPS) is 22.5. The van der Waals surface area contributed by atoms with Crippen LogP contribution in [0.2, 0.25) is 0 Å². The summed E-state index contributed by atoms with van der Waals surface area (Å²) in [5, 5.41) is 8.59. The molecule has 5 rings (SSSR count). The van der Waals surface area contributed by atoms with Crippen molar-refractivity contribution in [3.63, 3.8) is 0 Å².